The molecule has 1 unspecified atom stereocenters. The van der Waals surface area contributed by atoms with Crippen molar-refractivity contribution in [3.8, 4) is 0 Å². The van der Waals surface area contributed by atoms with Gasteiger partial charge in [-0.3, -0.25) is 9.69 Å². The lowest BCUT2D eigenvalue weighted by molar-refractivity contribution is -0.141. The second-order valence-corrected chi connectivity index (χ2v) is 4.26. The normalized spacial score (nSPS) is 31.2. The lowest BCUT2D eigenvalue weighted by Gasteiger charge is -2.22. The second kappa shape index (κ2) is 3.66. The lowest BCUT2D eigenvalue weighted by atomic mass is 10.1. The molecule has 3 heteroatoms. The van der Waals surface area contributed by atoms with Crippen LogP contribution in [-0.2, 0) is 4.79 Å². The molecule has 0 spiro atoms. The molecule has 1 N–H and O–H groups in total. The SMILES string of the molecule is O=C(O)C1CCN(C2CCCC2)C1. The molecule has 1 aliphatic carbocycles. The third-order valence-corrected chi connectivity index (χ3v) is 3.41. The van der Waals surface area contributed by atoms with Gasteiger partial charge < -0.3 is 5.11 Å². The number of nitrogens with zero attached hydrogens (tertiary/aromatic N) is 1. The standard InChI is InChI=1S/C10H17NO2/c12-10(13)8-5-6-11(7-8)9-3-1-2-4-9/h8-9H,1-7H2,(H,12,13). The van der Waals surface area contributed by atoms with Gasteiger partial charge in [0.05, 0.1) is 5.92 Å². The van der Waals surface area contributed by atoms with E-state index in [4.69, 9.17) is 5.11 Å². The first-order valence-corrected chi connectivity index (χ1v) is 5.24. The Kier molecular flexibility index (Phi) is 2.54. The first-order chi connectivity index (χ1) is 6.27. The quantitative estimate of drug-likeness (QED) is 0.702. The van der Waals surface area contributed by atoms with Gasteiger partial charge in [-0.1, -0.05) is 12.8 Å². The summed E-state index contributed by atoms with van der Waals surface area (Å²) >= 11 is 0. The maximum atomic E-state index is 10.7. The van der Waals surface area contributed by atoms with Crippen LogP contribution in [0.4, 0.5) is 0 Å². The minimum atomic E-state index is -0.611. The number of aliphatic carboxylic acids is 1. The van der Waals surface area contributed by atoms with E-state index in [1.54, 1.807) is 0 Å². The summed E-state index contributed by atoms with van der Waals surface area (Å²) in [5, 5.41) is 8.85. The number of likely N-dealkylation sites (tertiary alicyclic amines) is 1. The van der Waals surface area contributed by atoms with Gasteiger partial charge in [-0.15, -0.1) is 0 Å². The monoisotopic (exact) mass is 183 g/mol. The van der Waals surface area contributed by atoms with Gasteiger partial charge in [0.1, 0.15) is 0 Å². The number of carbonyl (C=O) groups is 1. The van der Waals surface area contributed by atoms with Crippen LogP contribution in [-0.4, -0.2) is 35.1 Å². The highest BCUT2D eigenvalue weighted by atomic mass is 16.4. The molecule has 2 aliphatic rings. The highest BCUT2D eigenvalue weighted by Crippen LogP contribution is 2.28. The van der Waals surface area contributed by atoms with Crippen LogP contribution in [0.1, 0.15) is 32.1 Å². The van der Waals surface area contributed by atoms with Crippen LogP contribution in [0.2, 0.25) is 0 Å². The Morgan fingerprint density at radius 2 is 1.92 bits per heavy atom. The fourth-order valence-corrected chi connectivity index (χ4v) is 2.59. The van der Waals surface area contributed by atoms with Crippen molar-refractivity contribution in [3.05, 3.63) is 0 Å². The van der Waals surface area contributed by atoms with Crippen molar-refractivity contribution in [1.29, 1.82) is 0 Å². The van der Waals surface area contributed by atoms with Gasteiger partial charge in [-0.2, -0.15) is 0 Å². The summed E-state index contributed by atoms with van der Waals surface area (Å²) in [5.74, 6) is -0.707. The molecule has 1 saturated carbocycles. The smallest absolute Gasteiger partial charge is 0.307 e. The highest BCUT2D eigenvalue weighted by molar-refractivity contribution is 5.70. The Bertz CT molecular complexity index is 199. The molecule has 1 atom stereocenters. The molecule has 13 heavy (non-hydrogen) atoms. The Morgan fingerprint density at radius 1 is 1.23 bits per heavy atom. The van der Waals surface area contributed by atoms with Gasteiger partial charge in [0, 0.05) is 12.6 Å². The van der Waals surface area contributed by atoms with Gasteiger partial charge in [0.15, 0.2) is 0 Å². The van der Waals surface area contributed by atoms with E-state index in [-0.39, 0.29) is 5.92 Å². The van der Waals surface area contributed by atoms with E-state index in [0.29, 0.717) is 6.04 Å². The van der Waals surface area contributed by atoms with Crippen LogP contribution >= 0.6 is 0 Å². The zero-order valence-electron chi connectivity index (χ0n) is 7.91. The molecule has 0 aromatic carbocycles. The summed E-state index contributed by atoms with van der Waals surface area (Å²) in [4.78, 5) is 13.1. The summed E-state index contributed by atoms with van der Waals surface area (Å²) in [7, 11) is 0. The van der Waals surface area contributed by atoms with Gasteiger partial charge >= 0.3 is 5.97 Å². The Balaban J connectivity index is 1.86. The predicted molar refractivity (Wildman–Crippen MR) is 49.6 cm³/mol. The van der Waals surface area contributed by atoms with Crippen LogP contribution < -0.4 is 0 Å². The van der Waals surface area contributed by atoms with Crippen LogP contribution in [0.5, 0.6) is 0 Å². The van der Waals surface area contributed by atoms with E-state index in [1.807, 2.05) is 0 Å². The molecule has 0 amide bonds. The number of hydrogen-bond donors (Lipinski definition) is 1. The molecule has 0 bridgehead atoms. The van der Waals surface area contributed by atoms with Gasteiger partial charge in [0.25, 0.3) is 0 Å². The minimum Gasteiger partial charge on any atom is -0.481 e. The van der Waals surface area contributed by atoms with E-state index in [0.717, 1.165) is 19.5 Å². The van der Waals surface area contributed by atoms with Gasteiger partial charge in [-0.25, -0.2) is 0 Å². The average Bonchev–Trinajstić information content (AvgIpc) is 2.75. The van der Waals surface area contributed by atoms with E-state index in [1.165, 1.54) is 25.7 Å². The number of rotatable bonds is 2. The average molecular weight is 183 g/mol. The van der Waals surface area contributed by atoms with Crippen LogP contribution in [0.25, 0.3) is 0 Å². The first kappa shape index (κ1) is 9.00. The summed E-state index contributed by atoms with van der Waals surface area (Å²) in [5.41, 5.74) is 0. The maximum Gasteiger partial charge on any atom is 0.307 e. The zero-order chi connectivity index (χ0) is 9.26. The van der Waals surface area contributed by atoms with Crippen LogP contribution in [0.3, 0.4) is 0 Å². The van der Waals surface area contributed by atoms with E-state index in [9.17, 15) is 4.79 Å². The molecule has 3 nitrogen and oxygen atoms in total. The molecular weight excluding hydrogens is 166 g/mol. The lowest BCUT2D eigenvalue weighted by Crippen LogP contribution is -2.31. The molecular formula is C10H17NO2. The number of carboxylic acids is 1. The fourth-order valence-electron chi connectivity index (χ4n) is 2.59. The topological polar surface area (TPSA) is 40.5 Å². The third kappa shape index (κ3) is 1.85. The Hall–Kier alpha value is -0.570. The molecule has 0 aromatic heterocycles. The van der Waals surface area contributed by atoms with Crippen LogP contribution in [0, 0.1) is 5.92 Å². The van der Waals surface area contributed by atoms with Crippen molar-refractivity contribution in [2.45, 2.75) is 38.1 Å². The Morgan fingerprint density at radius 3 is 2.46 bits per heavy atom. The van der Waals surface area contributed by atoms with E-state index < -0.39 is 5.97 Å². The van der Waals surface area contributed by atoms with Gasteiger partial charge in [-0.05, 0) is 25.8 Å². The third-order valence-electron chi connectivity index (χ3n) is 3.41. The highest BCUT2D eigenvalue weighted by Gasteiger charge is 2.32. The number of carboxylic acid groups (broad SMARTS) is 1. The molecule has 0 aromatic rings. The van der Waals surface area contributed by atoms with Crippen molar-refractivity contribution in [2.75, 3.05) is 13.1 Å². The van der Waals surface area contributed by atoms with Gasteiger partial charge in [0.2, 0.25) is 0 Å². The van der Waals surface area contributed by atoms with Crippen molar-refractivity contribution in [2.24, 2.45) is 5.92 Å². The zero-order valence-corrected chi connectivity index (χ0v) is 7.91. The van der Waals surface area contributed by atoms with Crippen molar-refractivity contribution in [1.82, 2.24) is 4.90 Å². The molecule has 0 radical (unpaired) electrons. The van der Waals surface area contributed by atoms with Crippen molar-refractivity contribution >= 4 is 5.97 Å². The minimum absolute atomic E-state index is 0.0967. The maximum absolute atomic E-state index is 10.7. The van der Waals surface area contributed by atoms with Crippen molar-refractivity contribution in [3.63, 3.8) is 0 Å². The summed E-state index contributed by atoms with van der Waals surface area (Å²) in [6.45, 7) is 1.79. The number of hydrogen-bond acceptors (Lipinski definition) is 2. The fraction of sp³-hybridized carbons (Fsp3) is 0.900. The van der Waals surface area contributed by atoms with Crippen LogP contribution in [0.15, 0.2) is 0 Å². The van der Waals surface area contributed by atoms with Crippen molar-refractivity contribution < 1.29 is 9.90 Å². The summed E-state index contributed by atoms with van der Waals surface area (Å²) < 4.78 is 0. The predicted octanol–water partition coefficient (Wildman–Crippen LogP) is 1.34. The molecule has 1 aliphatic heterocycles. The molecule has 2 rings (SSSR count). The first-order valence-electron chi connectivity index (χ1n) is 5.24. The Labute approximate surface area is 78.7 Å². The van der Waals surface area contributed by atoms with E-state index >= 15 is 0 Å². The summed E-state index contributed by atoms with van der Waals surface area (Å²) in [6.07, 6.45) is 6.09. The molecule has 74 valence electrons. The largest absolute Gasteiger partial charge is 0.481 e. The summed E-state index contributed by atoms with van der Waals surface area (Å²) in [6, 6.07) is 0.698. The molecule has 1 saturated heterocycles. The second-order valence-electron chi connectivity index (χ2n) is 4.26. The molecule has 1 heterocycles. The molecule has 2 fully saturated rings. The van der Waals surface area contributed by atoms with E-state index in [2.05, 4.69) is 4.90 Å².